The number of nitrogens with one attached hydrogen (secondary N) is 2. The topological polar surface area (TPSA) is 73.4 Å². The molecule has 3 rings (SSSR count). The smallest absolute Gasteiger partial charge is 0.292 e. The first-order chi connectivity index (χ1) is 10.6. The van der Waals surface area contributed by atoms with Crippen LogP contribution in [0, 0.1) is 6.92 Å². The van der Waals surface area contributed by atoms with E-state index < -0.39 is 0 Å². The predicted molar refractivity (Wildman–Crippen MR) is 87.2 cm³/mol. The van der Waals surface area contributed by atoms with Crippen LogP contribution in [0.4, 0.5) is 11.4 Å². The van der Waals surface area contributed by atoms with Crippen LogP contribution in [-0.2, 0) is 0 Å². The van der Waals surface area contributed by atoms with E-state index in [1.165, 1.54) is 0 Å². The highest BCUT2D eigenvalue weighted by Crippen LogP contribution is 2.28. The fourth-order valence-corrected chi connectivity index (χ4v) is 2.18. The van der Waals surface area contributed by atoms with Crippen LogP contribution in [0.1, 0.15) is 5.56 Å². The average Bonchev–Trinajstić information content (AvgIpc) is 2.88. The van der Waals surface area contributed by atoms with Crippen LogP contribution in [0.3, 0.4) is 0 Å². The van der Waals surface area contributed by atoms with Gasteiger partial charge >= 0.3 is 0 Å². The van der Waals surface area contributed by atoms with Gasteiger partial charge in [-0.25, -0.2) is 0 Å². The van der Waals surface area contributed by atoms with Crippen LogP contribution in [0.15, 0.2) is 63.6 Å². The number of aromatic nitrogens is 2. The van der Waals surface area contributed by atoms with Gasteiger partial charge in [0.2, 0.25) is 0 Å². The molecule has 0 unspecified atom stereocenters. The lowest BCUT2D eigenvalue weighted by atomic mass is 10.1. The molecule has 6 heteroatoms. The zero-order valence-corrected chi connectivity index (χ0v) is 12.6. The molecule has 22 heavy (non-hydrogen) atoms. The number of nitrogens with zero attached hydrogens (tertiary/aromatic N) is 2. The lowest BCUT2D eigenvalue weighted by Crippen LogP contribution is -1.96. The summed E-state index contributed by atoms with van der Waals surface area (Å²) in [6.07, 6.45) is 0. The van der Waals surface area contributed by atoms with Crippen molar-refractivity contribution in [2.45, 2.75) is 6.92 Å². The highest BCUT2D eigenvalue weighted by atomic mass is 35.5. The number of rotatable bonds is 3. The van der Waals surface area contributed by atoms with E-state index in [9.17, 15) is 4.79 Å². The van der Waals surface area contributed by atoms with Gasteiger partial charge in [0.15, 0.2) is 5.69 Å². The fourth-order valence-electron chi connectivity index (χ4n) is 2.05. The first-order valence-corrected chi connectivity index (χ1v) is 7.07. The van der Waals surface area contributed by atoms with Crippen molar-refractivity contribution in [1.82, 2.24) is 10.2 Å². The molecule has 0 atom stereocenters. The van der Waals surface area contributed by atoms with E-state index >= 15 is 0 Å². The Labute approximate surface area is 131 Å². The molecule has 5 nitrogen and oxygen atoms in total. The van der Waals surface area contributed by atoms with Crippen molar-refractivity contribution in [3.05, 3.63) is 69.5 Å². The van der Waals surface area contributed by atoms with Gasteiger partial charge in [-0.15, -0.1) is 5.11 Å². The summed E-state index contributed by atoms with van der Waals surface area (Å²) in [6, 6.07) is 14.7. The normalized spacial score (nSPS) is 11.2. The van der Waals surface area contributed by atoms with Crippen molar-refractivity contribution < 1.29 is 0 Å². The van der Waals surface area contributed by atoms with Gasteiger partial charge < -0.3 is 0 Å². The quantitative estimate of drug-likeness (QED) is 0.673. The van der Waals surface area contributed by atoms with E-state index in [0.29, 0.717) is 10.7 Å². The molecule has 0 aliphatic carbocycles. The standard InChI is InChI=1S/C16H13ClN4O/c1-10-4-2-3-5-13(10)18-20-15-14(19-21-16(15)22)11-6-8-12(17)9-7-11/h2-9H,1H3,(H2,19,21,22). The van der Waals surface area contributed by atoms with Gasteiger partial charge in [0, 0.05) is 10.6 Å². The van der Waals surface area contributed by atoms with Crippen LogP contribution < -0.4 is 5.56 Å². The molecule has 0 amide bonds. The maximum Gasteiger partial charge on any atom is 0.292 e. The van der Waals surface area contributed by atoms with E-state index in [1.807, 2.05) is 43.3 Å². The van der Waals surface area contributed by atoms with Crippen molar-refractivity contribution in [3.63, 3.8) is 0 Å². The Balaban J connectivity index is 2.01. The van der Waals surface area contributed by atoms with Gasteiger partial charge in [0.1, 0.15) is 0 Å². The number of hydrogen-bond donors (Lipinski definition) is 2. The number of hydrogen-bond acceptors (Lipinski definition) is 3. The molecule has 1 aromatic heterocycles. The Morgan fingerprint density at radius 2 is 1.68 bits per heavy atom. The van der Waals surface area contributed by atoms with Gasteiger partial charge in [0.25, 0.3) is 5.56 Å². The number of H-pyrrole nitrogens is 2. The maximum absolute atomic E-state index is 11.9. The van der Waals surface area contributed by atoms with Crippen molar-refractivity contribution in [3.8, 4) is 11.3 Å². The molecule has 0 bridgehead atoms. The van der Waals surface area contributed by atoms with Crippen molar-refractivity contribution >= 4 is 23.0 Å². The van der Waals surface area contributed by atoms with Crippen LogP contribution in [0.2, 0.25) is 5.02 Å². The zero-order valence-electron chi connectivity index (χ0n) is 11.8. The van der Waals surface area contributed by atoms with Crippen LogP contribution in [0.25, 0.3) is 11.3 Å². The molecule has 1 heterocycles. The first-order valence-electron chi connectivity index (χ1n) is 6.69. The molecule has 0 aliphatic rings. The van der Waals surface area contributed by atoms with Crippen molar-refractivity contribution in [1.29, 1.82) is 0 Å². The number of halogens is 1. The molecule has 0 spiro atoms. The fraction of sp³-hybridized carbons (Fsp3) is 0.0625. The third-order valence-electron chi connectivity index (χ3n) is 3.26. The number of aromatic amines is 2. The number of azo groups is 1. The minimum atomic E-state index is -0.317. The predicted octanol–water partition coefficient (Wildman–Crippen LogP) is 4.75. The molecule has 0 fully saturated rings. The number of aryl methyl sites for hydroxylation is 1. The Bertz CT molecular complexity index is 878. The summed E-state index contributed by atoms with van der Waals surface area (Å²) >= 11 is 5.88. The molecule has 2 N–H and O–H groups in total. The van der Waals surface area contributed by atoms with E-state index in [-0.39, 0.29) is 11.2 Å². The molecular formula is C16H13ClN4O. The molecule has 0 aliphatic heterocycles. The van der Waals surface area contributed by atoms with Gasteiger partial charge in [-0.05, 0) is 30.7 Å². The van der Waals surface area contributed by atoms with Crippen molar-refractivity contribution in [2.75, 3.05) is 0 Å². The van der Waals surface area contributed by atoms with E-state index in [4.69, 9.17) is 11.6 Å². The van der Waals surface area contributed by atoms with Crippen LogP contribution in [0.5, 0.6) is 0 Å². The minimum Gasteiger partial charge on any atom is -0.295 e. The molecule has 110 valence electrons. The summed E-state index contributed by atoms with van der Waals surface area (Å²) < 4.78 is 0. The Kier molecular flexibility index (Phi) is 3.89. The summed E-state index contributed by atoms with van der Waals surface area (Å²) in [5.74, 6) is 0. The lowest BCUT2D eigenvalue weighted by molar-refractivity contribution is 1.06. The van der Waals surface area contributed by atoms with Gasteiger partial charge in [-0.3, -0.25) is 15.0 Å². The SMILES string of the molecule is Cc1ccccc1N=Nc1c(-c2ccc(Cl)cc2)[nH][nH]c1=O. The second-order valence-electron chi connectivity index (χ2n) is 4.80. The second-order valence-corrected chi connectivity index (χ2v) is 5.23. The largest absolute Gasteiger partial charge is 0.295 e. The van der Waals surface area contributed by atoms with E-state index in [0.717, 1.165) is 16.8 Å². The highest BCUT2D eigenvalue weighted by Gasteiger charge is 2.11. The van der Waals surface area contributed by atoms with Crippen LogP contribution in [-0.4, -0.2) is 10.2 Å². The summed E-state index contributed by atoms with van der Waals surface area (Å²) in [7, 11) is 0. The Morgan fingerprint density at radius 1 is 0.955 bits per heavy atom. The maximum atomic E-state index is 11.9. The van der Waals surface area contributed by atoms with Crippen molar-refractivity contribution in [2.24, 2.45) is 10.2 Å². The van der Waals surface area contributed by atoms with Gasteiger partial charge in [-0.2, -0.15) is 5.11 Å². The summed E-state index contributed by atoms with van der Waals surface area (Å²) in [5.41, 5.74) is 3.03. The van der Waals surface area contributed by atoms with E-state index in [1.54, 1.807) is 12.1 Å². The monoisotopic (exact) mass is 312 g/mol. The molecule has 0 radical (unpaired) electrons. The summed E-state index contributed by atoms with van der Waals surface area (Å²) in [6.45, 7) is 1.94. The lowest BCUT2D eigenvalue weighted by Gasteiger charge is -1.99. The molecular weight excluding hydrogens is 300 g/mol. The highest BCUT2D eigenvalue weighted by molar-refractivity contribution is 6.30. The second kappa shape index (κ2) is 5.99. The summed E-state index contributed by atoms with van der Waals surface area (Å²) in [5, 5.41) is 14.3. The molecule has 0 saturated carbocycles. The van der Waals surface area contributed by atoms with Crippen LogP contribution >= 0.6 is 11.6 Å². The molecule has 2 aromatic carbocycles. The van der Waals surface area contributed by atoms with Gasteiger partial charge in [0.05, 0.1) is 11.4 Å². The average molecular weight is 313 g/mol. The van der Waals surface area contributed by atoms with Gasteiger partial charge in [-0.1, -0.05) is 41.9 Å². The van der Waals surface area contributed by atoms with E-state index in [2.05, 4.69) is 20.4 Å². The minimum absolute atomic E-state index is 0.241. The molecule has 0 saturated heterocycles. The summed E-state index contributed by atoms with van der Waals surface area (Å²) in [4.78, 5) is 11.9. The third-order valence-corrected chi connectivity index (χ3v) is 3.51. The molecule has 3 aromatic rings. The first kappa shape index (κ1) is 14.3. The number of benzene rings is 2. The third kappa shape index (κ3) is 2.84. The Morgan fingerprint density at radius 3 is 2.41 bits per heavy atom. The Hall–Kier alpha value is -2.66. The zero-order chi connectivity index (χ0) is 15.5.